The van der Waals surface area contributed by atoms with Gasteiger partial charge in [-0.1, -0.05) is 25.3 Å². The van der Waals surface area contributed by atoms with E-state index >= 15 is 0 Å². The molecule has 0 aliphatic heterocycles. The number of aromatic amines is 1. The van der Waals surface area contributed by atoms with Crippen LogP contribution in [0.2, 0.25) is 0 Å². The number of nitrogens with one attached hydrogen (secondary N) is 2. The molecular weight excluding hydrogens is 416 g/mol. The largest absolute Gasteiger partial charge is 0.352 e. The summed E-state index contributed by atoms with van der Waals surface area (Å²) in [6.45, 7) is 0. The van der Waals surface area contributed by atoms with Crippen molar-refractivity contribution in [2.45, 2.75) is 63.8 Å². The molecule has 7 heteroatoms. The molecule has 33 heavy (non-hydrogen) atoms. The fraction of sp³-hybridized carbons (Fsp3) is 0.500. The number of fused-ring (bicyclic) bond motifs is 1. The molecule has 0 bridgehead atoms. The molecule has 1 heterocycles. The van der Waals surface area contributed by atoms with Gasteiger partial charge in [0.2, 0.25) is 5.91 Å². The summed E-state index contributed by atoms with van der Waals surface area (Å²) in [6, 6.07) is 10.5. The van der Waals surface area contributed by atoms with Crippen LogP contribution < -0.4 is 5.32 Å². The minimum absolute atomic E-state index is 0.0392. The molecule has 1 aromatic carbocycles. The zero-order valence-corrected chi connectivity index (χ0v) is 18.6. The third-order valence-electron chi connectivity index (χ3n) is 6.88. The molecule has 0 spiro atoms. The second kappa shape index (κ2) is 10.0. The molecule has 3 atom stereocenters. The van der Waals surface area contributed by atoms with Crippen molar-refractivity contribution in [3.05, 3.63) is 35.5 Å². The predicted molar refractivity (Wildman–Crippen MR) is 122 cm³/mol. The summed E-state index contributed by atoms with van der Waals surface area (Å²) in [5, 5.41) is 22.4. The van der Waals surface area contributed by atoms with Crippen LogP contribution in [0.15, 0.2) is 24.3 Å². The van der Waals surface area contributed by atoms with E-state index in [2.05, 4.69) is 22.4 Å². The minimum atomic E-state index is -0.729. The van der Waals surface area contributed by atoms with E-state index < -0.39 is 12.0 Å². The van der Waals surface area contributed by atoms with Crippen LogP contribution in [-0.4, -0.2) is 28.5 Å². The number of aromatic nitrogens is 1. The number of hydrogen-bond acceptors (Lipinski definition) is 5. The van der Waals surface area contributed by atoms with E-state index in [-0.39, 0.29) is 29.8 Å². The average molecular weight is 445 g/mol. The molecule has 0 saturated heterocycles. The number of carbonyl (C=O) groups is 3. The highest BCUT2D eigenvalue weighted by Crippen LogP contribution is 2.37. The lowest BCUT2D eigenvalue weighted by Crippen LogP contribution is -2.41. The number of carbonyl (C=O) groups excluding carboxylic acids is 3. The second-order valence-electron chi connectivity index (χ2n) is 9.40. The fourth-order valence-corrected chi connectivity index (χ4v) is 4.80. The summed E-state index contributed by atoms with van der Waals surface area (Å²) in [7, 11) is 0. The van der Waals surface area contributed by atoms with Crippen LogP contribution in [0.5, 0.6) is 0 Å². The number of H-pyrrole nitrogens is 1. The summed E-state index contributed by atoms with van der Waals surface area (Å²) in [5.41, 5.74) is 1.58. The Labute approximate surface area is 193 Å². The van der Waals surface area contributed by atoms with Gasteiger partial charge in [-0.2, -0.15) is 10.5 Å². The molecule has 170 valence electrons. The number of benzene rings is 1. The Bertz CT molecular complexity index is 1150. The topological polar surface area (TPSA) is 127 Å². The summed E-state index contributed by atoms with van der Waals surface area (Å²) >= 11 is 0. The van der Waals surface area contributed by atoms with Crippen molar-refractivity contribution < 1.29 is 14.4 Å². The first-order chi connectivity index (χ1) is 16.0. The monoisotopic (exact) mass is 444 g/mol. The normalized spacial score (nSPS) is 19.9. The van der Waals surface area contributed by atoms with Gasteiger partial charge in [0.25, 0.3) is 0 Å². The third-order valence-corrected chi connectivity index (χ3v) is 6.88. The average Bonchev–Trinajstić information content (AvgIpc) is 3.53. The first kappa shape index (κ1) is 22.7. The van der Waals surface area contributed by atoms with Crippen molar-refractivity contribution in [1.29, 1.82) is 10.5 Å². The molecule has 2 fully saturated rings. The molecule has 4 rings (SSSR count). The highest BCUT2D eigenvalue weighted by atomic mass is 16.2. The zero-order chi connectivity index (χ0) is 23.4. The molecule has 7 nitrogen and oxygen atoms in total. The number of nitrogens with zero attached hydrogens (tertiary/aromatic N) is 2. The lowest BCUT2D eigenvalue weighted by atomic mass is 9.83. The molecule has 2 saturated carbocycles. The van der Waals surface area contributed by atoms with E-state index in [0.717, 1.165) is 32.1 Å². The first-order valence-corrected chi connectivity index (χ1v) is 11.8. The van der Waals surface area contributed by atoms with Crippen molar-refractivity contribution in [3.63, 3.8) is 0 Å². The van der Waals surface area contributed by atoms with Gasteiger partial charge in [0.1, 0.15) is 11.8 Å². The van der Waals surface area contributed by atoms with Crippen molar-refractivity contribution in [2.75, 3.05) is 0 Å². The Balaban J connectivity index is 1.44. The van der Waals surface area contributed by atoms with Gasteiger partial charge in [-0.25, -0.2) is 0 Å². The number of nitriles is 2. The molecule has 3 unspecified atom stereocenters. The third kappa shape index (κ3) is 5.49. The van der Waals surface area contributed by atoms with Crippen molar-refractivity contribution >= 4 is 28.4 Å². The quantitative estimate of drug-likeness (QED) is 0.561. The first-order valence-electron chi connectivity index (χ1n) is 11.8. The molecular formula is C26H28N4O3. The van der Waals surface area contributed by atoms with Crippen LogP contribution in [0.3, 0.4) is 0 Å². The Morgan fingerprint density at radius 3 is 2.67 bits per heavy atom. The van der Waals surface area contributed by atoms with Gasteiger partial charge in [-0.15, -0.1) is 0 Å². The lowest BCUT2D eigenvalue weighted by molar-refractivity contribution is -0.127. The lowest BCUT2D eigenvalue weighted by Gasteiger charge is -2.24. The van der Waals surface area contributed by atoms with Gasteiger partial charge < -0.3 is 10.3 Å². The molecule has 1 amide bonds. The van der Waals surface area contributed by atoms with Gasteiger partial charge in [0, 0.05) is 35.6 Å². The Kier molecular flexibility index (Phi) is 6.89. The van der Waals surface area contributed by atoms with E-state index in [4.69, 9.17) is 0 Å². The van der Waals surface area contributed by atoms with Gasteiger partial charge in [-0.05, 0) is 49.8 Å². The highest BCUT2D eigenvalue weighted by molar-refractivity contribution is 6.02. The Morgan fingerprint density at radius 1 is 1.15 bits per heavy atom. The maximum atomic E-state index is 13.1. The number of ketones is 2. The molecule has 2 aromatic rings. The van der Waals surface area contributed by atoms with Crippen LogP contribution in [0.25, 0.3) is 10.9 Å². The van der Waals surface area contributed by atoms with Crippen LogP contribution in [0, 0.1) is 40.4 Å². The number of hydrogen-bond donors (Lipinski definition) is 2. The van der Waals surface area contributed by atoms with Gasteiger partial charge in [-0.3, -0.25) is 14.4 Å². The molecule has 0 radical (unpaired) electrons. The van der Waals surface area contributed by atoms with Gasteiger partial charge in [0.05, 0.1) is 23.4 Å². The molecule has 1 aromatic heterocycles. The van der Waals surface area contributed by atoms with Crippen LogP contribution in [0.4, 0.5) is 0 Å². The number of rotatable bonds is 9. The van der Waals surface area contributed by atoms with Crippen LogP contribution in [0.1, 0.15) is 73.8 Å². The zero-order valence-electron chi connectivity index (χ0n) is 18.6. The summed E-state index contributed by atoms with van der Waals surface area (Å²) in [5.74, 6) is -0.568. The van der Waals surface area contributed by atoms with E-state index in [9.17, 15) is 24.9 Å². The SMILES string of the molecule is N#Cc1cccc2[nH]c(C(=O)CC(CC3CC3)C(=O)NC(C#N)CC3CCCCC3=O)cc12. The summed E-state index contributed by atoms with van der Waals surface area (Å²) in [6.07, 6.45) is 6.27. The second-order valence-corrected chi connectivity index (χ2v) is 9.40. The van der Waals surface area contributed by atoms with E-state index in [1.54, 1.807) is 18.2 Å². The smallest absolute Gasteiger partial charge is 0.224 e. The predicted octanol–water partition coefficient (Wildman–Crippen LogP) is 4.19. The highest BCUT2D eigenvalue weighted by Gasteiger charge is 2.33. The van der Waals surface area contributed by atoms with Gasteiger partial charge >= 0.3 is 0 Å². The van der Waals surface area contributed by atoms with E-state index in [1.165, 1.54) is 0 Å². The summed E-state index contributed by atoms with van der Waals surface area (Å²) in [4.78, 5) is 41.4. The Hall–Kier alpha value is -3.45. The van der Waals surface area contributed by atoms with E-state index in [1.807, 2.05) is 6.07 Å². The van der Waals surface area contributed by atoms with E-state index in [0.29, 0.717) is 47.3 Å². The van der Waals surface area contributed by atoms with Crippen molar-refractivity contribution in [1.82, 2.24) is 10.3 Å². The fourth-order valence-electron chi connectivity index (χ4n) is 4.80. The van der Waals surface area contributed by atoms with Gasteiger partial charge in [0.15, 0.2) is 5.78 Å². The minimum Gasteiger partial charge on any atom is -0.352 e. The molecule has 2 N–H and O–H groups in total. The van der Waals surface area contributed by atoms with Crippen molar-refractivity contribution in [2.24, 2.45) is 17.8 Å². The maximum absolute atomic E-state index is 13.1. The molecule has 2 aliphatic rings. The maximum Gasteiger partial charge on any atom is 0.224 e. The van der Waals surface area contributed by atoms with Crippen molar-refractivity contribution in [3.8, 4) is 12.1 Å². The Morgan fingerprint density at radius 2 is 1.97 bits per heavy atom. The molecule has 2 aliphatic carbocycles. The summed E-state index contributed by atoms with van der Waals surface area (Å²) < 4.78 is 0. The van der Waals surface area contributed by atoms with Crippen LogP contribution >= 0.6 is 0 Å². The standard InChI is InChI=1S/C26H28N4O3/c27-14-18-5-3-6-22-21(18)13-23(30-22)25(32)12-19(10-16-8-9-16)26(33)29-20(15-28)11-17-4-1-2-7-24(17)31/h3,5-6,13,16-17,19-20,30H,1-2,4,7-12H2,(H,29,33). The van der Waals surface area contributed by atoms with Crippen LogP contribution in [-0.2, 0) is 9.59 Å². The number of Topliss-reactive ketones (excluding diaryl/α,β-unsaturated/α-hetero) is 2. The number of amides is 1.